The summed E-state index contributed by atoms with van der Waals surface area (Å²) in [6.45, 7) is 5.60. The second-order valence-corrected chi connectivity index (χ2v) is 4.78. The van der Waals surface area contributed by atoms with Crippen molar-refractivity contribution in [2.45, 2.75) is 26.8 Å². The second kappa shape index (κ2) is 6.33. The molecule has 0 bridgehead atoms. The zero-order chi connectivity index (χ0) is 14.6. The van der Waals surface area contributed by atoms with Gasteiger partial charge < -0.3 is 15.8 Å². The number of ether oxygens (including phenoxy) is 1. The minimum atomic E-state index is -0.582. The predicted octanol–water partition coefficient (Wildman–Crippen LogP) is 1.70. The van der Waals surface area contributed by atoms with Crippen molar-refractivity contribution in [3.8, 4) is 0 Å². The molecule has 1 rings (SSSR count). The van der Waals surface area contributed by atoms with Crippen LogP contribution >= 0.6 is 0 Å². The fourth-order valence-corrected chi connectivity index (χ4v) is 1.52. The zero-order valence-electron chi connectivity index (χ0n) is 11.7. The third-order valence-corrected chi connectivity index (χ3v) is 2.94. The normalized spacial score (nSPS) is 12.1. The Morgan fingerprint density at radius 3 is 2.47 bits per heavy atom. The van der Waals surface area contributed by atoms with Crippen LogP contribution in [0.25, 0.3) is 0 Å². The maximum atomic E-state index is 11.9. The van der Waals surface area contributed by atoms with Gasteiger partial charge in [-0.25, -0.2) is 4.79 Å². The van der Waals surface area contributed by atoms with Gasteiger partial charge >= 0.3 is 5.97 Å². The van der Waals surface area contributed by atoms with E-state index in [1.165, 1.54) is 7.11 Å². The van der Waals surface area contributed by atoms with Crippen molar-refractivity contribution in [3.63, 3.8) is 0 Å². The van der Waals surface area contributed by atoms with Crippen LogP contribution in [-0.2, 0) is 9.53 Å². The molecule has 0 aliphatic carbocycles. The van der Waals surface area contributed by atoms with Gasteiger partial charge in [-0.05, 0) is 30.5 Å². The predicted molar refractivity (Wildman–Crippen MR) is 74.0 cm³/mol. The van der Waals surface area contributed by atoms with Gasteiger partial charge in [-0.15, -0.1) is 0 Å². The highest BCUT2D eigenvalue weighted by Crippen LogP contribution is 2.18. The summed E-state index contributed by atoms with van der Waals surface area (Å²) in [5.41, 5.74) is 7.60. The first-order chi connectivity index (χ1) is 8.86. The molecule has 3 N–H and O–H groups in total. The summed E-state index contributed by atoms with van der Waals surface area (Å²) in [6, 6.07) is 4.41. The van der Waals surface area contributed by atoms with Crippen molar-refractivity contribution in [1.29, 1.82) is 0 Å². The van der Waals surface area contributed by atoms with E-state index in [9.17, 15) is 9.59 Å². The van der Waals surface area contributed by atoms with E-state index in [0.717, 1.165) is 5.56 Å². The first-order valence-electron chi connectivity index (χ1n) is 6.12. The number of aryl methyl sites for hydroxylation is 1. The zero-order valence-corrected chi connectivity index (χ0v) is 11.7. The summed E-state index contributed by atoms with van der Waals surface area (Å²) in [5.74, 6) is -0.659. The van der Waals surface area contributed by atoms with Gasteiger partial charge in [0.15, 0.2) is 0 Å². The minimum Gasteiger partial charge on any atom is -0.465 e. The SMILES string of the molecule is COC(=O)c1ccc(C)c(NC(=O)C(N)C(C)C)c1. The number of nitrogens with two attached hydrogens (primary N) is 1. The highest BCUT2D eigenvalue weighted by Gasteiger charge is 2.18. The van der Waals surface area contributed by atoms with E-state index >= 15 is 0 Å². The molecule has 5 heteroatoms. The molecule has 0 radical (unpaired) electrons. The molecular weight excluding hydrogens is 244 g/mol. The molecule has 0 aliphatic heterocycles. The summed E-state index contributed by atoms with van der Waals surface area (Å²) >= 11 is 0. The van der Waals surface area contributed by atoms with Gasteiger partial charge in [-0.3, -0.25) is 4.79 Å². The maximum absolute atomic E-state index is 11.9. The van der Waals surface area contributed by atoms with Gasteiger partial charge in [0.25, 0.3) is 0 Å². The number of nitrogens with one attached hydrogen (secondary N) is 1. The minimum absolute atomic E-state index is 0.0455. The molecule has 104 valence electrons. The van der Waals surface area contributed by atoms with E-state index in [-0.39, 0.29) is 11.8 Å². The molecule has 0 heterocycles. The average Bonchev–Trinajstić information content (AvgIpc) is 2.39. The number of hydrogen-bond donors (Lipinski definition) is 2. The monoisotopic (exact) mass is 264 g/mol. The third kappa shape index (κ3) is 3.79. The van der Waals surface area contributed by atoms with E-state index in [4.69, 9.17) is 5.73 Å². The van der Waals surface area contributed by atoms with Gasteiger partial charge in [-0.1, -0.05) is 19.9 Å². The van der Waals surface area contributed by atoms with Crippen molar-refractivity contribution in [3.05, 3.63) is 29.3 Å². The molecule has 0 saturated carbocycles. The molecule has 0 spiro atoms. The van der Waals surface area contributed by atoms with Crippen LogP contribution in [0.4, 0.5) is 5.69 Å². The summed E-state index contributed by atoms with van der Waals surface area (Å²) < 4.78 is 4.65. The number of carbonyl (C=O) groups is 2. The lowest BCUT2D eigenvalue weighted by Gasteiger charge is -2.16. The molecule has 0 aliphatic rings. The van der Waals surface area contributed by atoms with E-state index in [1.54, 1.807) is 18.2 Å². The lowest BCUT2D eigenvalue weighted by molar-refractivity contribution is -0.118. The Bertz CT molecular complexity index is 484. The third-order valence-electron chi connectivity index (χ3n) is 2.94. The van der Waals surface area contributed by atoms with Crippen molar-refractivity contribution < 1.29 is 14.3 Å². The largest absolute Gasteiger partial charge is 0.465 e. The van der Waals surface area contributed by atoms with Crippen molar-refractivity contribution in [2.24, 2.45) is 11.7 Å². The fourth-order valence-electron chi connectivity index (χ4n) is 1.52. The molecule has 0 fully saturated rings. The molecule has 0 saturated heterocycles. The molecular formula is C14H20N2O3. The second-order valence-electron chi connectivity index (χ2n) is 4.78. The van der Waals surface area contributed by atoms with Crippen LogP contribution in [0.1, 0.15) is 29.8 Å². The summed E-state index contributed by atoms with van der Waals surface area (Å²) in [6.07, 6.45) is 0. The topological polar surface area (TPSA) is 81.4 Å². The lowest BCUT2D eigenvalue weighted by Crippen LogP contribution is -2.39. The number of benzene rings is 1. The highest BCUT2D eigenvalue weighted by atomic mass is 16.5. The molecule has 1 unspecified atom stereocenters. The Labute approximate surface area is 113 Å². The van der Waals surface area contributed by atoms with Gasteiger partial charge in [-0.2, -0.15) is 0 Å². The van der Waals surface area contributed by atoms with Gasteiger partial charge in [0.05, 0.1) is 18.7 Å². The molecule has 19 heavy (non-hydrogen) atoms. The first kappa shape index (κ1) is 15.2. The highest BCUT2D eigenvalue weighted by molar-refractivity contribution is 5.97. The van der Waals surface area contributed by atoms with Crippen molar-refractivity contribution >= 4 is 17.6 Å². The Hall–Kier alpha value is -1.88. The molecule has 1 aromatic rings. The van der Waals surface area contributed by atoms with Crippen LogP contribution in [0.3, 0.4) is 0 Å². The summed E-state index contributed by atoms with van der Waals surface area (Å²) in [7, 11) is 1.31. The molecule has 5 nitrogen and oxygen atoms in total. The van der Waals surface area contributed by atoms with Crippen molar-refractivity contribution in [1.82, 2.24) is 0 Å². The van der Waals surface area contributed by atoms with Crippen LogP contribution < -0.4 is 11.1 Å². The Morgan fingerprint density at radius 1 is 1.32 bits per heavy atom. The van der Waals surface area contributed by atoms with Gasteiger partial charge in [0.2, 0.25) is 5.91 Å². The molecule has 1 atom stereocenters. The first-order valence-corrected chi connectivity index (χ1v) is 6.12. The molecule has 1 aromatic carbocycles. The Kier molecular flexibility index (Phi) is 5.06. The number of anilines is 1. The van der Waals surface area contributed by atoms with E-state index < -0.39 is 12.0 Å². The number of methoxy groups -OCH3 is 1. The van der Waals surface area contributed by atoms with Gasteiger partial charge in [0.1, 0.15) is 0 Å². The number of carbonyl (C=O) groups excluding carboxylic acids is 2. The Morgan fingerprint density at radius 2 is 1.95 bits per heavy atom. The number of esters is 1. The van der Waals surface area contributed by atoms with Crippen LogP contribution in [0, 0.1) is 12.8 Å². The Balaban J connectivity index is 2.94. The van der Waals surface area contributed by atoms with E-state index in [1.807, 2.05) is 20.8 Å². The smallest absolute Gasteiger partial charge is 0.337 e. The quantitative estimate of drug-likeness (QED) is 0.811. The number of amides is 1. The van der Waals surface area contributed by atoms with Crippen molar-refractivity contribution in [2.75, 3.05) is 12.4 Å². The lowest BCUT2D eigenvalue weighted by atomic mass is 10.0. The van der Waals surface area contributed by atoms with Crippen LogP contribution in [0.5, 0.6) is 0 Å². The van der Waals surface area contributed by atoms with E-state index in [2.05, 4.69) is 10.1 Å². The molecule has 1 amide bonds. The van der Waals surface area contributed by atoms with Crippen LogP contribution in [0.15, 0.2) is 18.2 Å². The molecule has 0 aromatic heterocycles. The van der Waals surface area contributed by atoms with E-state index in [0.29, 0.717) is 11.3 Å². The van der Waals surface area contributed by atoms with Crippen LogP contribution in [0.2, 0.25) is 0 Å². The van der Waals surface area contributed by atoms with Gasteiger partial charge in [0, 0.05) is 5.69 Å². The number of hydrogen-bond acceptors (Lipinski definition) is 4. The average molecular weight is 264 g/mol. The fraction of sp³-hybridized carbons (Fsp3) is 0.429. The van der Waals surface area contributed by atoms with Crippen LogP contribution in [-0.4, -0.2) is 25.0 Å². The standard InChI is InChI=1S/C14H20N2O3/c1-8(2)12(15)13(17)16-11-7-10(14(18)19-4)6-5-9(11)3/h5-8,12H,15H2,1-4H3,(H,16,17). The maximum Gasteiger partial charge on any atom is 0.337 e. The summed E-state index contributed by atoms with van der Waals surface area (Å²) in [5, 5.41) is 2.74. The number of rotatable bonds is 4. The summed E-state index contributed by atoms with van der Waals surface area (Å²) in [4.78, 5) is 23.3.